The minimum absolute atomic E-state index is 0.0677. The fraction of sp³-hybridized carbons (Fsp3) is 0.400. The van der Waals surface area contributed by atoms with Crippen LogP contribution in [0.25, 0.3) is 0 Å². The quantitative estimate of drug-likeness (QED) is 0.619. The first-order valence-electron chi connectivity index (χ1n) is 8.93. The van der Waals surface area contributed by atoms with Crippen LogP contribution >= 0.6 is 35.4 Å². The fourth-order valence-electron chi connectivity index (χ4n) is 3.64. The molecule has 1 aliphatic rings. The molecule has 0 aliphatic heterocycles. The molecule has 1 aromatic carbocycles. The second-order valence-electron chi connectivity index (χ2n) is 6.92. The van der Waals surface area contributed by atoms with Crippen molar-refractivity contribution in [3.63, 3.8) is 0 Å². The molecule has 0 bridgehead atoms. The van der Waals surface area contributed by atoms with Crippen molar-refractivity contribution < 1.29 is 0 Å². The van der Waals surface area contributed by atoms with Gasteiger partial charge >= 0.3 is 0 Å². The van der Waals surface area contributed by atoms with Gasteiger partial charge in [-0.2, -0.15) is 0 Å². The summed E-state index contributed by atoms with van der Waals surface area (Å²) in [6.07, 6.45) is 6.03. The minimum Gasteiger partial charge on any atom is -0.362 e. The Balaban J connectivity index is 1.69. The second kappa shape index (κ2) is 8.55. The van der Waals surface area contributed by atoms with Gasteiger partial charge in [0.2, 0.25) is 0 Å². The highest BCUT2D eigenvalue weighted by Crippen LogP contribution is 2.39. The number of anilines is 1. The van der Waals surface area contributed by atoms with E-state index in [2.05, 4.69) is 27.8 Å². The molecule has 0 saturated heterocycles. The third kappa shape index (κ3) is 4.67. The number of hydrogen-bond acceptors (Lipinski definition) is 2. The molecule has 1 heterocycles. The maximum absolute atomic E-state index is 6.25. The summed E-state index contributed by atoms with van der Waals surface area (Å²) in [5, 5.41) is 8.56. The van der Waals surface area contributed by atoms with Crippen molar-refractivity contribution >= 4 is 46.4 Å². The van der Waals surface area contributed by atoms with Crippen LogP contribution in [0.2, 0.25) is 10.0 Å². The summed E-state index contributed by atoms with van der Waals surface area (Å²) in [4.78, 5) is 4.41. The molecule has 0 spiro atoms. The van der Waals surface area contributed by atoms with E-state index in [-0.39, 0.29) is 5.41 Å². The van der Waals surface area contributed by atoms with E-state index in [1.54, 1.807) is 0 Å². The Morgan fingerprint density at radius 1 is 1.15 bits per heavy atom. The third-order valence-corrected chi connectivity index (χ3v) is 5.98. The number of nitrogens with zero attached hydrogens (tertiary/aromatic N) is 1. The van der Waals surface area contributed by atoms with Crippen LogP contribution < -0.4 is 10.6 Å². The Kier molecular flexibility index (Phi) is 6.38. The summed E-state index contributed by atoms with van der Waals surface area (Å²) in [5.41, 5.74) is 2.14. The molecule has 1 fully saturated rings. The van der Waals surface area contributed by atoms with E-state index >= 15 is 0 Å². The van der Waals surface area contributed by atoms with Crippen molar-refractivity contribution in [1.29, 1.82) is 0 Å². The van der Waals surface area contributed by atoms with E-state index in [1.807, 2.05) is 31.2 Å². The van der Waals surface area contributed by atoms with Gasteiger partial charge < -0.3 is 10.6 Å². The molecule has 0 unspecified atom stereocenters. The van der Waals surface area contributed by atoms with Gasteiger partial charge in [-0.3, -0.25) is 0 Å². The van der Waals surface area contributed by atoms with E-state index in [0.29, 0.717) is 16.0 Å². The molecule has 1 aliphatic carbocycles. The van der Waals surface area contributed by atoms with E-state index in [4.69, 9.17) is 35.4 Å². The van der Waals surface area contributed by atoms with Gasteiger partial charge in [0.1, 0.15) is 5.82 Å². The molecule has 2 N–H and O–H groups in total. The molecule has 1 saturated carbocycles. The number of benzene rings is 1. The summed E-state index contributed by atoms with van der Waals surface area (Å²) in [7, 11) is 0. The third-order valence-electron chi connectivity index (χ3n) is 5.10. The summed E-state index contributed by atoms with van der Waals surface area (Å²) >= 11 is 17.8. The first kappa shape index (κ1) is 19.4. The highest BCUT2D eigenvalue weighted by atomic mass is 35.5. The van der Waals surface area contributed by atoms with Crippen molar-refractivity contribution in [3.8, 4) is 0 Å². The zero-order chi connectivity index (χ0) is 18.6. The van der Waals surface area contributed by atoms with Gasteiger partial charge in [-0.25, -0.2) is 4.98 Å². The molecule has 26 heavy (non-hydrogen) atoms. The monoisotopic (exact) mass is 407 g/mol. The van der Waals surface area contributed by atoms with Crippen LogP contribution in [-0.2, 0) is 5.41 Å². The van der Waals surface area contributed by atoms with Crippen LogP contribution in [-0.4, -0.2) is 16.6 Å². The minimum atomic E-state index is 0.0677. The van der Waals surface area contributed by atoms with Crippen LogP contribution in [0.3, 0.4) is 0 Å². The number of aryl methyl sites for hydroxylation is 1. The number of hydrogen-bond donors (Lipinski definition) is 2. The van der Waals surface area contributed by atoms with Gasteiger partial charge in [-0.15, -0.1) is 0 Å². The normalized spacial score (nSPS) is 16.1. The van der Waals surface area contributed by atoms with Gasteiger partial charge in [-0.1, -0.05) is 54.6 Å². The van der Waals surface area contributed by atoms with Crippen molar-refractivity contribution in [2.75, 3.05) is 11.9 Å². The van der Waals surface area contributed by atoms with E-state index in [0.717, 1.165) is 30.1 Å². The molecular weight excluding hydrogens is 385 g/mol. The second-order valence-corrected chi connectivity index (χ2v) is 8.17. The SMILES string of the molecule is Cc1nc(NC(=S)NCC2(c3cccc(Cl)c3)CCCCC2)ccc1Cl. The Morgan fingerprint density at radius 2 is 1.92 bits per heavy atom. The van der Waals surface area contributed by atoms with Crippen molar-refractivity contribution in [3.05, 3.63) is 57.7 Å². The molecule has 6 heteroatoms. The zero-order valence-corrected chi connectivity index (χ0v) is 17.1. The number of pyridine rings is 1. The smallest absolute Gasteiger partial charge is 0.171 e. The maximum Gasteiger partial charge on any atom is 0.171 e. The largest absolute Gasteiger partial charge is 0.362 e. The summed E-state index contributed by atoms with van der Waals surface area (Å²) in [6.45, 7) is 2.66. The summed E-state index contributed by atoms with van der Waals surface area (Å²) in [6, 6.07) is 11.9. The average Bonchev–Trinajstić information content (AvgIpc) is 2.64. The predicted octanol–water partition coefficient (Wildman–Crippen LogP) is 5.89. The molecule has 138 valence electrons. The molecule has 0 radical (unpaired) electrons. The standard InChI is InChI=1S/C20H23Cl2N3S/c1-14-17(22)8-9-18(24-14)25-19(26)23-13-20(10-3-2-4-11-20)15-6-5-7-16(21)12-15/h5-9,12H,2-4,10-11,13H2,1H3,(H2,23,24,25,26). The lowest BCUT2D eigenvalue weighted by Crippen LogP contribution is -2.43. The van der Waals surface area contributed by atoms with E-state index < -0.39 is 0 Å². The average molecular weight is 408 g/mol. The van der Waals surface area contributed by atoms with Crippen molar-refractivity contribution in [2.24, 2.45) is 0 Å². The number of rotatable bonds is 4. The summed E-state index contributed by atoms with van der Waals surface area (Å²) < 4.78 is 0. The molecule has 3 rings (SSSR count). The van der Waals surface area contributed by atoms with Gasteiger partial charge in [0.25, 0.3) is 0 Å². The van der Waals surface area contributed by atoms with Crippen LogP contribution in [0.5, 0.6) is 0 Å². The number of halogens is 2. The first-order valence-corrected chi connectivity index (χ1v) is 10.1. The molecule has 0 atom stereocenters. The Bertz CT molecular complexity index is 788. The first-order chi connectivity index (χ1) is 12.5. The van der Waals surface area contributed by atoms with Crippen LogP contribution in [0.4, 0.5) is 5.82 Å². The van der Waals surface area contributed by atoms with E-state index in [9.17, 15) is 0 Å². The lowest BCUT2D eigenvalue weighted by Gasteiger charge is -2.38. The maximum atomic E-state index is 6.25. The summed E-state index contributed by atoms with van der Waals surface area (Å²) in [5.74, 6) is 0.699. The van der Waals surface area contributed by atoms with Gasteiger partial charge in [-0.05, 0) is 61.8 Å². The predicted molar refractivity (Wildman–Crippen MR) is 114 cm³/mol. The van der Waals surface area contributed by atoms with Gasteiger partial charge in [0, 0.05) is 17.0 Å². The highest BCUT2D eigenvalue weighted by molar-refractivity contribution is 7.80. The lowest BCUT2D eigenvalue weighted by atomic mass is 9.69. The van der Waals surface area contributed by atoms with Crippen LogP contribution in [0.1, 0.15) is 43.4 Å². The van der Waals surface area contributed by atoms with E-state index in [1.165, 1.54) is 24.8 Å². The molecule has 3 nitrogen and oxygen atoms in total. The molecular formula is C20H23Cl2N3S. The molecule has 0 amide bonds. The van der Waals surface area contributed by atoms with Crippen molar-refractivity contribution in [2.45, 2.75) is 44.4 Å². The van der Waals surface area contributed by atoms with Crippen LogP contribution in [0.15, 0.2) is 36.4 Å². The van der Waals surface area contributed by atoms with Gasteiger partial charge in [0.15, 0.2) is 5.11 Å². The topological polar surface area (TPSA) is 37.0 Å². The molecule has 2 aromatic rings. The van der Waals surface area contributed by atoms with Crippen molar-refractivity contribution in [1.82, 2.24) is 10.3 Å². The Hall–Kier alpha value is -1.36. The lowest BCUT2D eigenvalue weighted by molar-refractivity contribution is 0.292. The highest BCUT2D eigenvalue weighted by Gasteiger charge is 2.34. The number of aromatic nitrogens is 1. The fourth-order valence-corrected chi connectivity index (χ4v) is 4.11. The Morgan fingerprint density at radius 3 is 2.62 bits per heavy atom. The zero-order valence-electron chi connectivity index (χ0n) is 14.8. The van der Waals surface area contributed by atoms with Gasteiger partial charge in [0.05, 0.1) is 10.7 Å². The number of nitrogens with one attached hydrogen (secondary N) is 2. The molecule has 1 aromatic heterocycles. The number of thiocarbonyl (C=S) groups is 1. The van der Waals surface area contributed by atoms with Crippen LogP contribution in [0, 0.1) is 6.92 Å². The Labute approximate surface area is 170 Å².